The summed E-state index contributed by atoms with van der Waals surface area (Å²) in [6, 6.07) is 21.6. The summed E-state index contributed by atoms with van der Waals surface area (Å²) in [7, 11) is -5.88. The molecule has 0 radical (unpaired) electrons. The molecule has 5 heterocycles. The highest BCUT2D eigenvalue weighted by Crippen LogP contribution is 2.63. The van der Waals surface area contributed by atoms with Crippen LogP contribution < -0.4 is 9.62 Å². The summed E-state index contributed by atoms with van der Waals surface area (Å²) in [5.74, 6) is -0.713. The Balaban J connectivity index is 1.54. The molecule has 248 valence electrons. The van der Waals surface area contributed by atoms with E-state index >= 15 is 0 Å². The highest BCUT2D eigenvalue weighted by atomic mass is 32.2. The smallest absolute Gasteiger partial charge is 0.418 e. The van der Waals surface area contributed by atoms with Crippen molar-refractivity contribution >= 4 is 58.2 Å². The zero-order valence-corrected chi connectivity index (χ0v) is 29.3. The molecule has 8 rings (SSSR count). The van der Waals surface area contributed by atoms with E-state index in [1.165, 1.54) is 26.2 Å². The lowest BCUT2D eigenvalue weighted by molar-refractivity contribution is -0.155. The number of piperazine rings is 1. The fourth-order valence-corrected chi connectivity index (χ4v) is 12.8. The minimum absolute atomic E-state index is 0.0487. The van der Waals surface area contributed by atoms with Crippen LogP contribution in [0.2, 0.25) is 13.1 Å². The van der Waals surface area contributed by atoms with E-state index in [0.29, 0.717) is 33.0 Å². The van der Waals surface area contributed by atoms with Gasteiger partial charge in [0.2, 0.25) is 20.1 Å². The summed E-state index contributed by atoms with van der Waals surface area (Å²) in [6.07, 6.45) is -2.74. The third-order valence-corrected chi connectivity index (χ3v) is 14.2. The molecule has 1 spiro atoms. The number of para-hydroxylation sites is 2. The van der Waals surface area contributed by atoms with Gasteiger partial charge in [-0.3, -0.25) is 14.2 Å². The summed E-state index contributed by atoms with van der Waals surface area (Å²) in [6.45, 7) is 9.12. The van der Waals surface area contributed by atoms with Gasteiger partial charge in [0.05, 0.1) is 34.2 Å². The van der Waals surface area contributed by atoms with Crippen LogP contribution in [0.15, 0.2) is 83.8 Å². The molecule has 13 heteroatoms. The number of carbonyl (C=O) groups is 3. The molecule has 0 unspecified atom stereocenters. The number of likely N-dealkylation sites (N-methyl/N-ethyl adjacent to an activating group) is 1. The first-order chi connectivity index (χ1) is 22.6. The highest BCUT2D eigenvalue weighted by molar-refractivity contribution is 7.93. The molecule has 2 fully saturated rings. The van der Waals surface area contributed by atoms with Crippen LogP contribution in [0.5, 0.6) is 0 Å². The second-order valence-corrected chi connectivity index (χ2v) is 20.0. The van der Waals surface area contributed by atoms with E-state index in [2.05, 4.69) is 0 Å². The molecular formula is C35H36N4O7SSi. The van der Waals surface area contributed by atoms with Crippen molar-refractivity contribution in [2.24, 2.45) is 0 Å². The van der Waals surface area contributed by atoms with Gasteiger partial charge in [0.1, 0.15) is 17.8 Å². The van der Waals surface area contributed by atoms with Crippen LogP contribution in [0.4, 0.5) is 10.5 Å². The summed E-state index contributed by atoms with van der Waals surface area (Å²) in [5.41, 5.74) is 0.0743. The maximum atomic E-state index is 14.9. The lowest BCUT2D eigenvalue weighted by Crippen LogP contribution is -2.67. The Morgan fingerprint density at radius 2 is 1.60 bits per heavy atom. The quantitative estimate of drug-likeness (QED) is 0.296. The van der Waals surface area contributed by atoms with E-state index in [0.717, 1.165) is 0 Å². The predicted molar refractivity (Wildman–Crippen MR) is 181 cm³/mol. The predicted octanol–water partition coefficient (Wildman–Crippen LogP) is 3.74. The molecule has 0 saturated carbocycles. The van der Waals surface area contributed by atoms with Crippen LogP contribution in [0.1, 0.15) is 31.9 Å². The Kier molecular flexibility index (Phi) is 6.30. The number of benzene rings is 3. The SMILES string of the molecule is CN1CC(=O)N2[C@H](C1=O)[C@H]1O[Si](C)(C)c3c(c4ccccc4n3C(=O)OC(C)(C)C)[C@]13c1ccccc1N(S(=O)(=O)c1ccccc1)[C@H]23. The number of hydrogen-bond donors (Lipinski definition) is 0. The topological polar surface area (TPSA) is 118 Å². The molecule has 4 aromatic rings. The zero-order valence-electron chi connectivity index (χ0n) is 27.5. The van der Waals surface area contributed by atoms with Crippen LogP contribution in [-0.2, 0) is 34.2 Å². The maximum absolute atomic E-state index is 14.9. The second kappa shape index (κ2) is 9.80. The molecule has 2 amide bonds. The number of rotatable bonds is 2. The minimum atomic E-state index is -4.31. The van der Waals surface area contributed by atoms with Gasteiger partial charge in [0, 0.05) is 17.8 Å². The van der Waals surface area contributed by atoms with Gasteiger partial charge < -0.3 is 19.0 Å². The number of hydrogen-bond acceptors (Lipinski definition) is 7. The number of carbonyl (C=O) groups excluding carboxylic acids is 3. The Bertz CT molecular complexity index is 2180. The van der Waals surface area contributed by atoms with Gasteiger partial charge in [-0.15, -0.1) is 0 Å². The fraction of sp³-hybridized carbons (Fsp3) is 0.343. The van der Waals surface area contributed by atoms with E-state index in [4.69, 9.17) is 9.16 Å². The van der Waals surface area contributed by atoms with E-state index in [1.807, 2.05) is 49.5 Å². The van der Waals surface area contributed by atoms with Gasteiger partial charge in [-0.25, -0.2) is 17.5 Å². The average Bonchev–Trinajstić information content (AvgIpc) is 3.63. The molecule has 4 atom stereocenters. The number of aromatic nitrogens is 1. The molecule has 0 bridgehead atoms. The average molecular weight is 685 g/mol. The van der Waals surface area contributed by atoms with Gasteiger partial charge in [-0.05, 0) is 69.3 Å². The van der Waals surface area contributed by atoms with Gasteiger partial charge in [0.25, 0.3) is 10.0 Å². The summed E-state index contributed by atoms with van der Waals surface area (Å²) in [4.78, 5) is 45.6. The van der Waals surface area contributed by atoms with Crippen molar-refractivity contribution in [3.05, 3.63) is 90.0 Å². The monoisotopic (exact) mass is 684 g/mol. The lowest BCUT2D eigenvalue weighted by Gasteiger charge is -2.46. The molecule has 3 aromatic carbocycles. The van der Waals surface area contributed by atoms with Crippen LogP contribution in [0.3, 0.4) is 0 Å². The largest absolute Gasteiger partial charge is 0.443 e. The normalized spacial score (nSPS) is 25.8. The van der Waals surface area contributed by atoms with Crippen LogP contribution in [-0.4, -0.2) is 86.5 Å². The molecule has 0 aliphatic carbocycles. The summed E-state index contributed by atoms with van der Waals surface area (Å²) < 4.78 is 45.8. The lowest BCUT2D eigenvalue weighted by atomic mass is 9.70. The van der Waals surface area contributed by atoms with E-state index in [-0.39, 0.29) is 23.3 Å². The van der Waals surface area contributed by atoms with Crippen molar-refractivity contribution in [1.82, 2.24) is 14.4 Å². The first-order valence-electron chi connectivity index (χ1n) is 15.9. The number of sulfonamides is 1. The van der Waals surface area contributed by atoms with Gasteiger partial charge in [0.15, 0.2) is 0 Å². The summed E-state index contributed by atoms with van der Waals surface area (Å²) in [5, 5.41) is 1.32. The highest BCUT2D eigenvalue weighted by Gasteiger charge is 2.76. The summed E-state index contributed by atoms with van der Waals surface area (Å²) >= 11 is 0. The van der Waals surface area contributed by atoms with E-state index in [1.54, 1.807) is 62.7 Å². The molecule has 4 aliphatic heterocycles. The number of ether oxygens (including phenoxy) is 1. The van der Waals surface area contributed by atoms with Gasteiger partial charge in [-0.2, -0.15) is 0 Å². The van der Waals surface area contributed by atoms with Crippen molar-refractivity contribution in [2.45, 2.75) is 68.1 Å². The third-order valence-electron chi connectivity index (χ3n) is 9.96. The van der Waals surface area contributed by atoms with Crippen molar-refractivity contribution in [3.8, 4) is 0 Å². The van der Waals surface area contributed by atoms with Crippen molar-refractivity contribution in [1.29, 1.82) is 0 Å². The molecular weight excluding hydrogens is 649 g/mol. The fourth-order valence-electron chi connectivity index (χ4n) is 8.41. The number of fused-ring (bicyclic) bond motifs is 7. The zero-order chi connectivity index (χ0) is 34.1. The van der Waals surface area contributed by atoms with Gasteiger partial charge in [-0.1, -0.05) is 54.6 Å². The number of anilines is 1. The van der Waals surface area contributed by atoms with Crippen molar-refractivity contribution in [2.75, 3.05) is 17.9 Å². The number of amides is 2. The van der Waals surface area contributed by atoms with E-state index < -0.39 is 53.8 Å². The first-order valence-corrected chi connectivity index (χ1v) is 20.3. The third kappa shape index (κ3) is 3.83. The second-order valence-electron chi connectivity index (χ2n) is 14.4. The first kappa shape index (κ1) is 30.8. The van der Waals surface area contributed by atoms with Crippen LogP contribution in [0, 0.1) is 0 Å². The Hall–Kier alpha value is -4.46. The number of nitrogens with zero attached hydrogens (tertiary/aromatic N) is 4. The minimum Gasteiger partial charge on any atom is -0.443 e. The van der Waals surface area contributed by atoms with Crippen LogP contribution >= 0.6 is 0 Å². The van der Waals surface area contributed by atoms with Gasteiger partial charge >= 0.3 is 6.09 Å². The molecule has 11 nitrogen and oxygen atoms in total. The van der Waals surface area contributed by atoms with Crippen molar-refractivity contribution in [3.63, 3.8) is 0 Å². The molecule has 4 aliphatic rings. The molecule has 1 aromatic heterocycles. The standard InChI is InChI=1S/C35H36N4O7SSi/c1-34(2,3)45-33(42)37-24-18-12-10-16-22(24)27-31(37)48(5,6)46-29-28-30(41)36(4)20-26(40)38(28)32-35(27,29)23-17-11-13-19-25(23)39(32)47(43,44)21-14-8-7-9-15-21/h7-19,28-29,32H,20H2,1-6H3/t28-,29+,32-,35+/m0/s1. The Morgan fingerprint density at radius 3 is 2.31 bits per heavy atom. The van der Waals surface area contributed by atoms with Crippen molar-refractivity contribution < 1.29 is 32.0 Å². The Morgan fingerprint density at radius 1 is 0.958 bits per heavy atom. The Labute approximate surface area is 279 Å². The molecule has 0 N–H and O–H groups in total. The van der Waals surface area contributed by atoms with E-state index in [9.17, 15) is 22.8 Å². The molecule has 48 heavy (non-hydrogen) atoms. The maximum Gasteiger partial charge on any atom is 0.418 e. The molecule has 2 saturated heterocycles. The van der Waals surface area contributed by atoms with Crippen LogP contribution in [0.25, 0.3) is 10.9 Å².